The van der Waals surface area contributed by atoms with Gasteiger partial charge in [0.05, 0.1) is 18.6 Å². The molecule has 1 aliphatic rings. The first-order valence-corrected chi connectivity index (χ1v) is 8.65. The zero-order chi connectivity index (χ0) is 18.8. The maximum Gasteiger partial charge on any atom is 0.293 e. The van der Waals surface area contributed by atoms with E-state index in [0.717, 1.165) is 22.7 Å². The zero-order valence-corrected chi connectivity index (χ0v) is 15.1. The van der Waals surface area contributed by atoms with Gasteiger partial charge >= 0.3 is 0 Å². The van der Waals surface area contributed by atoms with Gasteiger partial charge in [0, 0.05) is 5.02 Å². The summed E-state index contributed by atoms with van der Waals surface area (Å²) in [5.41, 5.74) is 1.02. The maximum atomic E-state index is 13.1. The average Bonchev–Trinajstić information content (AvgIpc) is 2.84. The summed E-state index contributed by atoms with van der Waals surface area (Å²) in [6, 6.07) is 8.44. The third-order valence-electron chi connectivity index (χ3n) is 3.72. The molecule has 0 unspecified atom stereocenters. The predicted octanol–water partition coefficient (Wildman–Crippen LogP) is 4.43. The Morgan fingerprint density at radius 2 is 2.04 bits per heavy atom. The van der Waals surface area contributed by atoms with Gasteiger partial charge in [-0.3, -0.25) is 14.5 Å². The van der Waals surface area contributed by atoms with Crippen molar-refractivity contribution in [3.8, 4) is 11.5 Å². The molecule has 1 heterocycles. The molecule has 1 N–H and O–H groups in total. The molecule has 26 heavy (non-hydrogen) atoms. The summed E-state index contributed by atoms with van der Waals surface area (Å²) >= 11 is 6.75. The highest BCUT2D eigenvalue weighted by atomic mass is 35.5. The lowest BCUT2D eigenvalue weighted by Crippen LogP contribution is -2.27. The second kappa shape index (κ2) is 7.39. The van der Waals surface area contributed by atoms with Gasteiger partial charge in [-0.15, -0.1) is 0 Å². The molecule has 0 spiro atoms. The quantitative estimate of drug-likeness (QED) is 0.778. The number of methoxy groups -OCH3 is 1. The second-order valence-electron chi connectivity index (χ2n) is 5.43. The van der Waals surface area contributed by atoms with Crippen LogP contribution in [0.3, 0.4) is 0 Å². The number of phenolic OH excluding ortho intramolecular Hbond substituents is 1. The normalized spacial score (nSPS) is 15.8. The molecule has 3 rings (SSSR count). The van der Waals surface area contributed by atoms with E-state index in [1.807, 2.05) is 0 Å². The Balaban J connectivity index is 1.83. The van der Waals surface area contributed by atoms with E-state index in [-0.39, 0.29) is 22.2 Å². The first-order chi connectivity index (χ1) is 12.4. The number of imide groups is 1. The number of carbonyl (C=O) groups excluding carboxylic acids is 2. The number of carbonyl (C=O) groups is 2. The van der Waals surface area contributed by atoms with Crippen molar-refractivity contribution in [3.63, 3.8) is 0 Å². The van der Waals surface area contributed by atoms with Crippen LogP contribution in [0.1, 0.15) is 11.1 Å². The summed E-state index contributed by atoms with van der Waals surface area (Å²) in [7, 11) is 1.43. The number of aromatic hydroxyl groups is 1. The summed E-state index contributed by atoms with van der Waals surface area (Å²) in [5, 5.41) is 9.52. The Bertz CT molecular complexity index is 931. The molecule has 0 bridgehead atoms. The van der Waals surface area contributed by atoms with Crippen molar-refractivity contribution in [1.82, 2.24) is 4.90 Å². The standard InChI is InChI=1S/C18H13ClFNO4S/c1-25-15-5-2-10(6-14(15)22)7-16-17(23)21(18(24)26-16)9-11-3-4-12(20)8-13(11)19/h2-8,22H,9H2,1H3/b16-7+. The number of amides is 2. The molecule has 0 aromatic heterocycles. The second-order valence-corrected chi connectivity index (χ2v) is 6.84. The van der Waals surface area contributed by atoms with E-state index in [0.29, 0.717) is 16.9 Å². The summed E-state index contributed by atoms with van der Waals surface area (Å²) in [6.07, 6.45) is 1.51. The van der Waals surface area contributed by atoms with Gasteiger partial charge in [0.15, 0.2) is 11.5 Å². The van der Waals surface area contributed by atoms with Crippen LogP contribution in [0.2, 0.25) is 5.02 Å². The molecular weight excluding hydrogens is 381 g/mol. The fourth-order valence-corrected chi connectivity index (χ4v) is 3.47. The highest BCUT2D eigenvalue weighted by Crippen LogP contribution is 2.35. The van der Waals surface area contributed by atoms with Crippen LogP contribution in [0.25, 0.3) is 6.08 Å². The fourth-order valence-electron chi connectivity index (χ4n) is 2.40. The highest BCUT2D eigenvalue weighted by molar-refractivity contribution is 8.18. The van der Waals surface area contributed by atoms with E-state index in [1.165, 1.54) is 31.4 Å². The molecule has 0 aliphatic carbocycles. The number of hydrogen-bond acceptors (Lipinski definition) is 5. The van der Waals surface area contributed by atoms with Crippen LogP contribution >= 0.6 is 23.4 Å². The van der Waals surface area contributed by atoms with Crippen LogP contribution in [-0.2, 0) is 11.3 Å². The minimum Gasteiger partial charge on any atom is -0.504 e. The van der Waals surface area contributed by atoms with Crippen molar-refractivity contribution in [1.29, 1.82) is 0 Å². The van der Waals surface area contributed by atoms with Crippen LogP contribution in [0.15, 0.2) is 41.3 Å². The van der Waals surface area contributed by atoms with Gasteiger partial charge in [0.25, 0.3) is 11.1 Å². The van der Waals surface area contributed by atoms with E-state index < -0.39 is 17.0 Å². The van der Waals surface area contributed by atoms with Gasteiger partial charge in [-0.1, -0.05) is 23.7 Å². The topological polar surface area (TPSA) is 66.8 Å². The average molecular weight is 394 g/mol. The molecule has 134 valence electrons. The molecule has 1 fully saturated rings. The van der Waals surface area contributed by atoms with Gasteiger partial charge < -0.3 is 9.84 Å². The predicted molar refractivity (Wildman–Crippen MR) is 97.6 cm³/mol. The molecular formula is C18H13ClFNO4S. The molecule has 2 amide bonds. The number of nitrogens with zero attached hydrogens (tertiary/aromatic N) is 1. The van der Waals surface area contributed by atoms with E-state index in [4.69, 9.17) is 16.3 Å². The minimum atomic E-state index is -0.493. The molecule has 0 radical (unpaired) electrons. The largest absolute Gasteiger partial charge is 0.504 e. The number of ether oxygens (including phenoxy) is 1. The lowest BCUT2D eigenvalue weighted by molar-refractivity contribution is -0.123. The molecule has 1 aliphatic heterocycles. The smallest absolute Gasteiger partial charge is 0.293 e. The SMILES string of the molecule is COc1ccc(/C=C2/SC(=O)N(Cc3ccc(F)cc3Cl)C2=O)cc1O. The Morgan fingerprint density at radius 1 is 1.27 bits per heavy atom. The van der Waals surface area contributed by atoms with Crippen molar-refractivity contribution >= 4 is 40.6 Å². The van der Waals surface area contributed by atoms with Crippen LogP contribution in [0.5, 0.6) is 11.5 Å². The zero-order valence-electron chi connectivity index (χ0n) is 13.5. The van der Waals surface area contributed by atoms with E-state index >= 15 is 0 Å². The van der Waals surface area contributed by atoms with Crippen molar-refractivity contribution in [2.45, 2.75) is 6.54 Å². The number of thioether (sulfide) groups is 1. The van der Waals surface area contributed by atoms with E-state index in [9.17, 15) is 19.1 Å². The van der Waals surface area contributed by atoms with Gasteiger partial charge in [0.1, 0.15) is 5.82 Å². The van der Waals surface area contributed by atoms with Crippen molar-refractivity contribution in [2.24, 2.45) is 0 Å². The fraction of sp³-hybridized carbons (Fsp3) is 0.111. The molecule has 8 heteroatoms. The first-order valence-electron chi connectivity index (χ1n) is 7.45. The van der Waals surface area contributed by atoms with Crippen molar-refractivity contribution in [2.75, 3.05) is 7.11 Å². The molecule has 2 aromatic carbocycles. The summed E-state index contributed by atoms with van der Waals surface area (Å²) in [4.78, 5) is 26.0. The summed E-state index contributed by atoms with van der Waals surface area (Å²) in [5.74, 6) is -0.734. The van der Waals surface area contributed by atoms with Gasteiger partial charge in [-0.2, -0.15) is 0 Å². The maximum absolute atomic E-state index is 13.1. The Labute approximate surface area is 158 Å². The van der Waals surface area contributed by atoms with Crippen LogP contribution < -0.4 is 4.74 Å². The molecule has 1 saturated heterocycles. The van der Waals surface area contributed by atoms with Crippen LogP contribution in [0, 0.1) is 5.82 Å². The third-order valence-corrected chi connectivity index (χ3v) is 4.98. The van der Waals surface area contributed by atoms with Crippen LogP contribution in [-0.4, -0.2) is 28.3 Å². The molecule has 5 nitrogen and oxygen atoms in total. The van der Waals surface area contributed by atoms with Crippen molar-refractivity contribution < 1.29 is 23.8 Å². The van der Waals surface area contributed by atoms with E-state index in [1.54, 1.807) is 12.1 Å². The van der Waals surface area contributed by atoms with E-state index in [2.05, 4.69) is 0 Å². The highest BCUT2D eigenvalue weighted by Gasteiger charge is 2.35. The van der Waals surface area contributed by atoms with Crippen LogP contribution in [0.4, 0.5) is 9.18 Å². The lowest BCUT2D eigenvalue weighted by Gasteiger charge is -2.13. The number of benzene rings is 2. The lowest BCUT2D eigenvalue weighted by atomic mass is 10.1. The summed E-state index contributed by atoms with van der Waals surface area (Å²) < 4.78 is 18.1. The Kier molecular flexibility index (Phi) is 5.20. The Hall–Kier alpha value is -2.51. The number of halogens is 2. The molecule has 0 atom stereocenters. The van der Waals surface area contributed by atoms with Crippen molar-refractivity contribution in [3.05, 3.63) is 63.3 Å². The van der Waals surface area contributed by atoms with Gasteiger partial charge in [-0.25, -0.2) is 4.39 Å². The third kappa shape index (κ3) is 3.68. The monoisotopic (exact) mass is 393 g/mol. The number of rotatable bonds is 4. The molecule has 0 saturated carbocycles. The number of hydrogen-bond donors (Lipinski definition) is 1. The molecule has 2 aromatic rings. The minimum absolute atomic E-state index is 0.0466. The number of phenols is 1. The van der Waals surface area contributed by atoms with Gasteiger partial charge in [0.2, 0.25) is 0 Å². The summed E-state index contributed by atoms with van der Waals surface area (Å²) in [6.45, 7) is -0.0466. The Morgan fingerprint density at radius 3 is 2.69 bits per heavy atom. The first kappa shape index (κ1) is 18.3. The van der Waals surface area contributed by atoms with Gasteiger partial charge in [-0.05, 0) is 53.2 Å².